The Morgan fingerprint density at radius 2 is 1.80 bits per heavy atom. The molecule has 1 aliphatic rings. The number of nitrogens with zero attached hydrogens (tertiary/aromatic N) is 3. The molecule has 2 amide bonds. The average molecular weight is 509 g/mol. The van der Waals surface area contributed by atoms with E-state index in [9.17, 15) is 14.4 Å². The summed E-state index contributed by atoms with van der Waals surface area (Å²) in [5.74, 6) is 0.111. The first kappa shape index (κ1) is 24.5. The van der Waals surface area contributed by atoms with Crippen LogP contribution in [-0.2, 0) is 16.6 Å². The second-order valence-corrected chi connectivity index (χ2v) is 9.52. The van der Waals surface area contributed by atoms with Gasteiger partial charge in [-0.15, -0.1) is 0 Å². The van der Waals surface area contributed by atoms with E-state index in [1.807, 2.05) is 54.6 Å². The Morgan fingerprint density at radius 3 is 2.46 bits per heavy atom. The molecule has 2 aromatic carbocycles. The third-order valence-corrected chi connectivity index (χ3v) is 7.05. The van der Waals surface area contributed by atoms with Crippen molar-refractivity contribution >= 4 is 51.9 Å². The SMILES string of the molecule is COc1ccc(/C=C2/SC(=S)N(CCC(=O)Nc3c(C)n(C)n(-c4ccccc4)c3=O)C2=O)cc1. The Hall–Kier alpha value is -3.63. The van der Waals surface area contributed by atoms with Gasteiger partial charge in [-0.3, -0.25) is 24.0 Å². The number of carbonyl (C=O) groups excluding carboxylic acids is 2. The van der Waals surface area contributed by atoms with E-state index in [-0.39, 0.29) is 36.0 Å². The van der Waals surface area contributed by atoms with E-state index in [0.29, 0.717) is 20.6 Å². The quantitative estimate of drug-likeness (QED) is 0.387. The summed E-state index contributed by atoms with van der Waals surface area (Å²) in [5, 5.41) is 2.72. The van der Waals surface area contributed by atoms with Crippen LogP contribution >= 0.6 is 24.0 Å². The second-order valence-electron chi connectivity index (χ2n) is 7.84. The molecule has 4 rings (SSSR count). The molecule has 0 radical (unpaired) electrons. The number of carbonyl (C=O) groups is 2. The summed E-state index contributed by atoms with van der Waals surface area (Å²) in [6, 6.07) is 16.5. The van der Waals surface area contributed by atoms with Crippen LogP contribution in [0, 0.1) is 6.92 Å². The van der Waals surface area contributed by atoms with Gasteiger partial charge in [-0.1, -0.05) is 54.3 Å². The van der Waals surface area contributed by atoms with E-state index in [1.54, 1.807) is 31.8 Å². The summed E-state index contributed by atoms with van der Waals surface area (Å²) in [5.41, 5.74) is 2.06. The van der Waals surface area contributed by atoms with Crippen LogP contribution in [0.5, 0.6) is 5.75 Å². The number of hydrogen-bond donors (Lipinski definition) is 1. The number of benzene rings is 2. The molecule has 180 valence electrons. The molecule has 0 bridgehead atoms. The maximum atomic E-state index is 13.0. The first-order chi connectivity index (χ1) is 16.8. The molecule has 0 aliphatic carbocycles. The highest BCUT2D eigenvalue weighted by molar-refractivity contribution is 8.26. The first-order valence-corrected chi connectivity index (χ1v) is 12.1. The molecule has 3 aromatic rings. The number of amides is 2. The molecule has 1 aromatic heterocycles. The van der Waals surface area contributed by atoms with Gasteiger partial charge >= 0.3 is 0 Å². The summed E-state index contributed by atoms with van der Waals surface area (Å²) < 4.78 is 8.74. The lowest BCUT2D eigenvalue weighted by molar-refractivity contribution is -0.122. The smallest absolute Gasteiger partial charge is 0.295 e. The van der Waals surface area contributed by atoms with Gasteiger partial charge in [-0.25, -0.2) is 4.68 Å². The number of methoxy groups -OCH3 is 1. The van der Waals surface area contributed by atoms with Crippen LogP contribution in [-0.4, -0.2) is 44.1 Å². The normalized spacial score (nSPS) is 14.6. The molecule has 1 fully saturated rings. The van der Waals surface area contributed by atoms with Crippen molar-refractivity contribution in [2.45, 2.75) is 13.3 Å². The molecule has 0 atom stereocenters. The zero-order chi connectivity index (χ0) is 25.1. The molecule has 1 saturated heterocycles. The molecule has 10 heteroatoms. The van der Waals surface area contributed by atoms with Crippen molar-refractivity contribution in [3.63, 3.8) is 0 Å². The van der Waals surface area contributed by atoms with Crippen molar-refractivity contribution in [3.05, 3.63) is 81.1 Å². The van der Waals surface area contributed by atoms with E-state index in [2.05, 4.69) is 5.32 Å². The molecular formula is C25H24N4O4S2. The highest BCUT2D eigenvalue weighted by Crippen LogP contribution is 2.33. The van der Waals surface area contributed by atoms with Gasteiger partial charge in [0, 0.05) is 20.0 Å². The fourth-order valence-corrected chi connectivity index (χ4v) is 4.98. The van der Waals surface area contributed by atoms with Gasteiger partial charge in [0.2, 0.25) is 5.91 Å². The van der Waals surface area contributed by atoms with Crippen molar-refractivity contribution in [3.8, 4) is 11.4 Å². The molecule has 1 N–H and O–H groups in total. The lowest BCUT2D eigenvalue weighted by Gasteiger charge is -2.13. The molecule has 0 spiro atoms. The Kier molecular flexibility index (Phi) is 7.23. The summed E-state index contributed by atoms with van der Waals surface area (Å²) in [4.78, 5) is 40.5. The highest BCUT2D eigenvalue weighted by atomic mass is 32.2. The zero-order valence-corrected chi connectivity index (χ0v) is 21.1. The summed E-state index contributed by atoms with van der Waals surface area (Å²) in [7, 11) is 3.35. The van der Waals surface area contributed by atoms with Crippen molar-refractivity contribution in [2.75, 3.05) is 19.0 Å². The van der Waals surface area contributed by atoms with E-state index >= 15 is 0 Å². The Labute approximate surface area is 212 Å². The molecule has 8 nitrogen and oxygen atoms in total. The van der Waals surface area contributed by atoms with Crippen molar-refractivity contribution in [1.29, 1.82) is 0 Å². The van der Waals surface area contributed by atoms with Crippen molar-refractivity contribution < 1.29 is 14.3 Å². The zero-order valence-electron chi connectivity index (χ0n) is 19.5. The maximum Gasteiger partial charge on any atom is 0.295 e. The van der Waals surface area contributed by atoms with Gasteiger partial charge in [-0.2, -0.15) is 0 Å². The van der Waals surface area contributed by atoms with E-state index in [0.717, 1.165) is 11.3 Å². The molecule has 0 saturated carbocycles. The molecule has 35 heavy (non-hydrogen) atoms. The Bertz CT molecular complexity index is 1370. The second kappa shape index (κ2) is 10.3. The summed E-state index contributed by atoms with van der Waals surface area (Å²) in [6.45, 7) is 1.89. The van der Waals surface area contributed by atoms with E-state index in [1.165, 1.54) is 21.3 Å². The van der Waals surface area contributed by atoms with E-state index in [4.69, 9.17) is 17.0 Å². The molecule has 1 aliphatic heterocycles. The van der Waals surface area contributed by atoms with Crippen LogP contribution in [0.3, 0.4) is 0 Å². The van der Waals surface area contributed by atoms with E-state index < -0.39 is 0 Å². The van der Waals surface area contributed by atoms with Crippen LogP contribution in [0.1, 0.15) is 17.7 Å². The van der Waals surface area contributed by atoms with Crippen LogP contribution in [0.2, 0.25) is 0 Å². The molecule has 0 unspecified atom stereocenters. The monoisotopic (exact) mass is 508 g/mol. The third-order valence-electron chi connectivity index (χ3n) is 5.67. The van der Waals surface area contributed by atoms with Crippen LogP contribution in [0.25, 0.3) is 11.8 Å². The van der Waals surface area contributed by atoms with Gasteiger partial charge in [0.05, 0.1) is 23.4 Å². The van der Waals surface area contributed by atoms with Gasteiger partial charge in [0.1, 0.15) is 15.8 Å². The van der Waals surface area contributed by atoms with Crippen molar-refractivity contribution in [2.24, 2.45) is 7.05 Å². The van der Waals surface area contributed by atoms with Crippen LogP contribution in [0.4, 0.5) is 5.69 Å². The standard InChI is InChI=1S/C25H24N4O4S2/c1-16-22(24(32)29(27(16)2)18-7-5-4-6-8-18)26-21(30)13-14-28-23(31)20(35-25(28)34)15-17-9-11-19(33-3)12-10-17/h4-12,15H,13-14H2,1-3H3,(H,26,30)/b20-15+. The highest BCUT2D eigenvalue weighted by Gasteiger charge is 2.32. The number of aromatic nitrogens is 2. The number of hydrogen-bond acceptors (Lipinski definition) is 6. The summed E-state index contributed by atoms with van der Waals surface area (Å²) >= 11 is 6.57. The number of anilines is 1. The van der Waals surface area contributed by atoms with Crippen LogP contribution in [0.15, 0.2) is 64.3 Å². The van der Waals surface area contributed by atoms with Crippen LogP contribution < -0.4 is 15.6 Å². The number of rotatable bonds is 7. The topological polar surface area (TPSA) is 85.6 Å². The number of para-hydroxylation sites is 1. The lowest BCUT2D eigenvalue weighted by Crippen LogP contribution is -2.32. The fraction of sp³-hybridized carbons (Fsp3) is 0.200. The maximum absolute atomic E-state index is 13.0. The van der Waals surface area contributed by atoms with Crippen molar-refractivity contribution in [1.82, 2.24) is 14.3 Å². The Morgan fingerprint density at radius 1 is 1.11 bits per heavy atom. The molecule has 2 heterocycles. The lowest BCUT2D eigenvalue weighted by atomic mass is 10.2. The molecular weight excluding hydrogens is 484 g/mol. The number of thioether (sulfide) groups is 1. The average Bonchev–Trinajstić information content (AvgIpc) is 3.24. The predicted molar refractivity (Wildman–Crippen MR) is 142 cm³/mol. The number of thiocarbonyl (C=S) groups is 1. The fourth-order valence-electron chi connectivity index (χ4n) is 3.67. The first-order valence-electron chi connectivity index (χ1n) is 10.8. The number of nitrogens with one attached hydrogen (secondary N) is 1. The van der Waals surface area contributed by atoms with Gasteiger partial charge < -0.3 is 10.1 Å². The minimum atomic E-state index is -0.371. The van der Waals surface area contributed by atoms with Gasteiger partial charge in [0.15, 0.2) is 0 Å². The summed E-state index contributed by atoms with van der Waals surface area (Å²) in [6.07, 6.45) is 1.76. The predicted octanol–water partition coefficient (Wildman–Crippen LogP) is 3.72. The minimum Gasteiger partial charge on any atom is -0.497 e. The van der Waals surface area contributed by atoms with Gasteiger partial charge in [-0.05, 0) is 42.8 Å². The van der Waals surface area contributed by atoms with Gasteiger partial charge in [0.25, 0.3) is 11.5 Å². The number of ether oxygens (including phenoxy) is 1. The Balaban J connectivity index is 1.43. The third kappa shape index (κ3) is 5.08. The minimum absolute atomic E-state index is 0.00136. The largest absolute Gasteiger partial charge is 0.497 e.